The third-order valence-corrected chi connectivity index (χ3v) is 3.33. The van der Waals surface area contributed by atoms with Gasteiger partial charge >= 0.3 is 11.9 Å². The van der Waals surface area contributed by atoms with Crippen LogP contribution >= 0.6 is 0 Å². The Morgan fingerprint density at radius 3 is 2.04 bits per heavy atom. The van der Waals surface area contributed by atoms with Gasteiger partial charge in [-0.2, -0.15) is 0 Å². The number of nitrogens with two attached hydrogens (primary N) is 1. The highest BCUT2D eigenvalue weighted by molar-refractivity contribution is 6.00. The standard InChI is InChI=1S/C18H22N2O5/c1-4-17(22)24-10-8-20(9-11-25-18(23)5-2)14-6-7-16(19)15(12-14)13(3)21/h4-7,12H,1-2,8-11,19H2,3H3. The van der Waals surface area contributed by atoms with Crippen LogP contribution in [0.2, 0.25) is 0 Å². The van der Waals surface area contributed by atoms with Gasteiger partial charge in [-0.1, -0.05) is 13.2 Å². The summed E-state index contributed by atoms with van der Waals surface area (Å²) in [5.41, 5.74) is 7.28. The average Bonchev–Trinajstić information content (AvgIpc) is 2.60. The van der Waals surface area contributed by atoms with E-state index in [0.29, 0.717) is 30.0 Å². The fourth-order valence-electron chi connectivity index (χ4n) is 2.05. The molecule has 1 rings (SSSR count). The molecule has 7 heteroatoms. The first-order valence-corrected chi connectivity index (χ1v) is 7.62. The second-order valence-corrected chi connectivity index (χ2v) is 5.06. The topological polar surface area (TPSA) is 98.9 Å². The van der Waals surface area contributed by atoms with E-state index in [9.17, 15) is 14.4 Å². The first-order chi connectivity index (χ1) is 11.9. The highest BCUT2D eigenvalue weighted by Gasteiger charge is 2.12. The maximum Gasteiger partial charge on any atom is 0.330 e. The van der Waals surface area contributed by atoms with Crippen molar-refractivity contribution in [1.29, 1.82) is 0 Å². The summed E-state index contributed by atoms with van der Waals surface area (Å²) in [4.78, 5) is 35.8. The van der Waals surface area contributed by atoms with Crippen LogP contribution in [-0.4, -0.2) is 44.0 Å². The van der Waals surface area contributed by atoms with Gasteiger partial charge in [0.05, 0.1) is 13.1 Å². The van der Waals surface area contributed by atoms with Gasteiger partial charge in [-0.25, -0.2) is 9.59 Å². The summed E-state index contributed by atoms with van der Waals surface area (Å²) in [5.74, 6) is -1.21. The molecule has 0 amide bonds. The molecule has 25 heavy (non-hydrogen) atoms. The number of esters is 2. The van der Waals surface area contributed by atoms with Crippen molar-refractivity contribution in [2.45, 2.75) is 6.92 Å². The van der Waals surface area contributed by atoms with Gasteiger partial charge < -0.3 is 20.1 Å². The number of anilines is 2. The number of rotatable bonds is 10. The van der Waals surface area contributed by atoms with E-state index in [1.54, 1.807) is 18.2 Å². The Morgan fingerprint density at radius 1 is 1.08 bits per heavy atom. The molecule has 0 unspecified atom stereocenters. The number of benzene rings is 1. The summed E-state index contributed by atoms with van der Waals surface area (Å²) in [5, 5.41) is 0. The Bertz CT molecular complexity index is 643. The molecular formula is C18H22N2O5. The van der Waals surface area contributed by atoms with Crippen LogP contribution in [0.4, 0.5) is 11.4 Å². The van der Waals surface area contributed by atoms with E-state index in [-0.39, 0.29) is 19.0 Å². The third kappa shape index (κ3) is 6.50. The maximum absolute atomic E-state index is 11.7. The molecule has 0 atom stereocenters. The minimum Gasteiger partial charge on any atom is -0.461 e. The maximum atomic E-state index is 11.7. The van der Waals surface area contributed by atoms with Gasteiger partial charge in [-0.05, 0) is 25.1 Å². The van der Waals surface area contributed by atoms with Crippen molar-refractivity contribution in [3.05, 3.63) is 49.1 Å². The fourth-order valence-corrected chi connectivity index (χ4v) is 2.05. The molecule has 0 aromatic heterocycles. The van der Waals surface area contributed by atoms with Crippen LogP contribution < -0.4 is 10.6 Å². The van der Waals surface area contributed by atoms with Crippen LogP contribution in [0.25, 0.3) is 0 Å². The number of carbonyl (C=O) groups excluding carboxylic acids is 3. The summed E-state index contributed by atoms with van der Waals surface area (Å²) in [6.45, 7) is 8.99. The molecule has 0 heterocycles. The molecular weight excluding hydrogens is 324 g/mol. The lowest BCUT2D eigenvalue weighted by molar-refractivity contribution is -0.137. The first-order valence-electron chi connectivity index (χ1n) is 7.62. The highest BCUT2D eigenvalue weighted by atomic mass is 16.5. The molecule has 0 saturated carbocycles. The van der Waals surface area contributed by atoms with E-state index < -0.39 is 11.9 Å². The quantitative estimate of drug-likeness (QED) is 0.298. The van der Waals surface area contributed by atoms with Crippen molar-refractivity contribution in [2.75, 3.05) is 36.9 Å². The molecule has 0 spiro atoms. The van der Waals surface area contributed by atoms with E-state index >= 15 is 0 Å². The third-order valence-electron chi connectivity index (χ3n) is 3.33. The predicted molar refractivity (Wildman–Crippen MR) is 95.4 cm³/mol. The largest absolute Gasteiger partial charge is 0.461 e. The van der Waals surface area contributed by atoms with Crippen LogP contribution in [0.3, 0.4) is 0 Å². The molecule has 0 fully saturated rings. The Morgan fingerprint density at radius 2 is 1.60 bits per heavy atom. The number of hydrogen-bond donors (Lipinski definition) is 1. The number of Topliss-reactive ketones (excluding diaryl/α,β-unsaturated/α-hetero) is 1. The van der Waals surface area contributed by atoms with Crippen LogP contribution in [0.15, 0.2) is 43.5 Å². The van der Waals surface area contributed by atoms with E-state index in [1.165, 1.54) is 6.92 Å². The number of hydrogen-bond acceptors (Lipinski definition) is 7. The molecule has 7 nitrogen and oxygen atoms in total. The van der Waals surface area contributed by atoms with Crippen LogP contribution in [-0.2, 0) is 19.1 Å². The Balaban J connectivity index is 2.88. The van der Waals surface area contributed by atoms with Crippen molar-refractivity contribution in [1.82, 2.24) is 0 Å². The summed E-state index contributed by atoms with van der Waals surface area (Å²) in [6.07, 6.45) is 2.15. The van der Waals surface area contributed by atoms with E-state index in [0.717, 1.165) is 12.2 Å². The fraction of sp³-hybridized carbons (Fsp3) is 0.278. The number of nitrogens with zero attached hydrogens (tertiary/aromatic N) is 1. The average molecular weight is 346 g/mol. The molecule has 0 aliphatic carbocycles. The smallest absolute Gasteiger partial charge is 0.330 e. The number of ether oxygens (including phenoxy) is 2. The number of ketones is 1. The van der Waals surface area contributed by atoms with Gasteiger partial charge in [0.2, 0.25) is 0 Å². The highest BCUT2D eigenvalue weighted by Crippen LogP contribution is 2.21. The number of carbonyl (C=O) groups is 3. The van der Waals surface area contributed by atoms with Gasteiger partial charge in [-0.3, -0.25) is 4.79 Å². The van der Waals surface area contributed by atoms with E-state index in [1.807, 2.05) is 4.90 Å². The van der Waals surface area contributed by atoms with Crippen molar-refractivity contribution >= 4 is 29.1 Å². The predicted octanol–water partition coefficient (Wildman–Crippen LogP) is 1.74. The Labute approximate surface area is 146 Å². The van der Waals surface area contributed by atoms with Gasteiger partial charge in [-0.15, -0.1) is 0 Å². The second-order valence-electron chi connectivity index (χ2n) is 5.06. The molecule has 0 aliphatic rings. The Kier molecular flexibility index (Phi) is 7.92. The summed E-state index contributed by atoms with van der Waals surface area (Å²) in [6, 6.07) is 5.03. The second kappa shape index (κ2) is 9.92. The molecule has 0 bridgehead atoms. The van der Waals surface area contributed by atoms with Gasteiger partial charge in [0.25, 0.3) is 0 Å². The molecule has 0 radical (unpaired) electrons. The minimum atomic E-state index is -0.528. The normalized spacial score (nSPS) is 9.80. The molecule has 1 aromatic carbocycles. The number of nitrogen functional groups attached to an aromatic ring is 1. The minimum absolute atomic E-state index is 0.111. The Hall–Kier alpha value is -3.09. The van der Waals surface area contributed by atoms with Crippen LogP contribution in [0.1, 0.15) is 17.3 Å². The molecule has 134 valence electrons. The SMILES string of the molecule is C=CC(=O)OCCN(CCOC(=O)C=C)c1ccc(N)c(C(C)=O)c1. The van der Waals surface area contributed by atoms with Crippen molar-refractivity contribution in [3.63, 3.8) is 0 Å². The van der Waals surface area contributed by atoms with Gasteiger partial charge in [0, 0.05) is 29.1 Å². The molecule has 1 aromatic rings. The van der Waals surface area contributed by atoms with Crippen molar-refractivity contribution in [3.8, 4) is 0 Å². The van der Waals surface area contributed by atoms with Crippen LogP contribution in [0, 0.1) is 0 Å². The zero-order chi connectivity index (χ0) is 18.8. The van der Waals surface area contributed by atoms with Crippen molar-refractivity contribution in [2.24, 2.45) is 0 Å². The lowest BCUT2D eigenvalue weighted by Gasteiger charge is -2.25. The molecule has 0 saturated heterocycles. The van der Waals surface area contributed by atoms with Crippen LogP contribution in [0.5, 0.6) is 0 Å². The lowest BCUT2D eigenvalue weighted by Crippen LogP contribution is -2.32. The van der Waals surface area contributed by atoms with E-state index in [2.05, 4.69) is 13.2 Å². The van der Waals surface area contributed by atoms with Gasteiger partial charge in [0.15, 0.2) is 5.78 Å². The zero-order valence-electron chi connectivity index (χ0n) is 14.2. The van der Waals surface area contributed by atoms with E-state index in [4.69, 9.17) is 15.2 Å². The monoisotopic (exact) mass is 346 g/mol. The summed E-state index contributed by atoms with van der Waals surface area (Å²) >= 11 is 0. The first kappa shape index (κ1) is 20.0. The summed E-state index contributed by atoms with van der Waals surface area (Å²) in [7, 11) is 0. The summed E-state index contributed by atoms with van der Waals surface area (Å²) < 4.78 is 9.96. The van der Waals surface area contributed by atoms with Crippen molar-refractivity contribution < 1.29 is 23.9 Å². The molecule has 2 N–H and O–H groups in total. The van der Waals surface area contributed by atoms with Gasteiger partial charge in [0.1, 0.15) is 13.2 Å². The zero-order valence-corrected chi connectivity index (χ0v) is 14.2. The molecule has 0 aliphatic heterocycles. The lowest BCUT2D eigenvalue weighted by atomic mass is 10.1.